The van der Waals surface area contributed by atoms with Crippen molar-refractivity contribution in [1.82, 2.24) is 10.2 Å². The van der Waals surface area contributed by atoms with E-state index in [1.54, 1.807) is 0 Å². The van der Waals surface area contributed by atoms with Crippen LogP contribution in [0.5, 0.6) is 0 Å². The van der Waals surface area contributed by atoms with Gasteiger partial charge in [0.1, 0.15) is 0 Å². The van der Waals surface area contributed by atoms with Gasteiger partial charge in [0, 0.05) is 13.1 Å². The Hall–Kier alpha value is -0.650. The minimum Gasteiger partial charge on any atom is -0.376 e. The fourth-order valence-corrected chi connectivity index (χ4v) is 2.77. The Labute approximate surface area is 115 Å². The van der Waals surface area contributed by atoms with Gasteiger partial charge in [-0.25, -0.2) is 0 Å². The van der Waals surface area contributed by atoms with Gasteiger partial charge >= 0.3 is 0 Å². The van der Waals surface area contributed by atoms with E-state index in [9.17, 15) is 4.79 Å². The molecule has 2 heterocycles. The second-order valence-electron chi connectivity index (χ2n) is 5.41. The topological polar surface area (TPSA) is 50.8 Å². The molecule has 0 bridgehead atoms. The van der Waals surface area contributed by atoms with Crippen LogP contribution in [0.1, 0.15) is 26.2 Å². The number of carbonyl (C=O) groups excluding carboxylic acids is 1. The summed E-state index contributed by atoms with van der Waals surface area (Å²) < 4.78 is 10.9. The first-order chi connectivity index (χ1) is 9.31. The number of hydrogen-bond acceptors (Lipinski definition) is 4. The van der Waals surface area contributed by atoms with Crippen LogP contribution in [0.4, 0.5) is 0 Å². The van der Waals surface area contributed by atoms with E-state index in [1.165, 1.54) is 0 Å². The Balaban J connectivity index is 1.87. The van der Waals surface area contributed by atoms with Crippen molar-refractivity contribution in [2.45, 2.75) is 32.3 Å². The van der Waals surface area contributed by atoms with Gasteiger partial charge < -0.3 is 19.7 Å². The highest BCUT2D eigenvalue weighted by Gasteiger charge is 2.28. The molecule has 0 aliphatic carbocycles. The average Bonchev–Trinajstić information content (AvgIpc) is 2.48. The molecule has 5 nitrogen and oxygen atoms in total. The Morgan fingerprint density at radius 1 is 1.32 bits per heavy atom. The lowest BCUT2D eigenvalue weighted by Gasteiger charge is -2.33. The number of piperidine rings is 1. The molecule has 0 spiro atoms. The van der Waals surface area contributed by atoms with E-state index in [0.29, 0.717) is 25.7 Å². The van der Waals surface area contributed by atoms with E-state index in [1.807, 2.05) is 4.90 Å². The van der Waals surface area contributed by atoms with Crippen LogP contribution in [0, 0.1) is 5.92 Å². The second-order valence-corrected chi connectivity index (χ2v) is 5.41. The lowest BCUT2D eigenvalue weighted by molar-refractivity contribution is -0.158. The first-order valence-corrected chi connectivity index (χ1v) is 7.50. The third kappa shape index (κ3) is 4.44. The summed E-state index contributed by atoms with van der Waals surface area (Å²) in [7, 11) is 0. The smallest absolute Gasteiger partial charge is 0.254 e. The Morgan fingerprint density at radius 3 is 2.74 bits per heavy atom. The van der Waals surface area contributed by atoms with Gasteiger partial charge in [-0.15, -0.1) is 0 Å². The van der Waals surface area contributed by atoms with Gasteiger partial charge in [-0.2, -0.15) is 0 Å². The van der Waals surface area contributed by atoms with E-state index in [-0.39, 0.29) is 12.0 Å². The van der Waals surface area contributed by atoms with Crippen molar-refractivity contribution >= 4 is 5.91 Å². The van der Waals surface area contributed by atoms with Gasteiger partial charge in [-0.3, -0.25) is 4.79 Å². The van der Waals surface area contributed by atoms with E-state index in [0.717, 1.165) is 45.4 Å². The summed E-state index contributed by atoms with van der Waals surface area (Å²) in [5.74, 6) is 0.737. The average molecular weight is 270 g/mol. The highest BCUT2D eigenvalue weighted by Crippen LogP contribution is 2.15. The third-order valence-corrected chi connectivity index (χ3v) is 3.83. The summed E-state index contributed by atoms with van der Waals surface area (Å²) >= 11 is 0. The molecule has 2 saturated heterocycles. The molecule has 0 aromatic carbocycles. The fraction of sp³-hybridized carbons (Fsp3) is 0.929. The van der Waals surface area contributed by atoms with E-state index < -0.39 is 0 Å². The normalized spacial score (nSPS) is 25.2. The first-order valence-electron chi connectivity index (χ1n) is 7.50. The van der Waals surface area contributed by atoms with Crippen molar-refractivity contribution < 1.29 is 14.3 Å². The summed E-state index contributed by atoms with van der Waals surface area (Å²) in [6.07, 6.45) is 2.93. The summed E-state index contributed by atoms with van der Waals surface area (Å²) in [6, 6.07) is 0. The first kappa shape index (κ1) is 14.8. The van der Waals surface area contributed by atoms with Crippen LogP contribution in [0.15, 0.2) is 0 Å². The molecule has 1 atom stereocenters. The molecule has 0 aromatic heterocycles. The molecule has 0 radical (unpaired) electrons. The lowest BCUT2D eigenvalue weighted by Crippen LogP contribution is -2.48. The Bertz CT molecular complexity index is 274. The maximum absolute atomic E-state index is 12.5. The van der Waals surface area contributed by atoms with Crippen LogP contribution in [0.2, 0.25) is 0 Å². The van der Waals surface area contributed by atoms with Gasteiger partial charge in [-0.1, -0.05) is 6.92 Å². The maximum atomic E-state index is 12.5. The van der Waals surface area contributed by atoms with E-state index >= 15 is 0 Å². The molecule has 2 aliphatic rings. The highest BCUT2D eigenvalue weighted by atomic mass is 16.6. The molecule has 1 unspecified atom stereocenters. The number of amides is 1. The van der Waals surface area contributed by atoms with Gasteiger partial charge in [0.05, 0.1) is 19.8 Å². The molecular weight excluding hydrogens is 244 g/mol. The molecule has 110 valence electrons. The second kappa shape index (κ2) is 7.82. The SMILES string of the molecule is CCCN(CC1CCNCC1)C(=O)C1COCCO1. The molecule has 0 aromatic rings. The zero-order valence-corrected chi connectivity index (χ0v) is 11.9. The van der Waals surface area contributed by atoms with Crippen LogP contribution in [0.25, 0.3) is 0 Å². The van der Waals surface area contributed by atoms with Crippen LogP contribution < -0.4 is 5.32 Å². The number of ether oxygens (including phenoxy) is 2. The molecule has 1 N–H and O–H groups in total. The molecular formula is C14H26N2O3. The molecule has 1 amide bonds. The van der Waals surface area contributed by atoms with Crippen molar-refractivity contribution in [3.05, 3.63) is 0 Å². The van der Waals surface area contributed by atoms with E-state index in [2.05, 4.69) is 12.2 Å². The van der Waals surface area contributed by atoms with Crippen molar-refractivity contribution in [1.29, 1.82) is 0 Å². The van der Waals surface area contributed by atoms with Crippen LogP contribution in [-0.4, -0.2) is 62.9 Å². The van der Waals surface area contributed by atoms with Gasteiger partial charge in [0.25, 0.3) is 5.91 Å². The largest absolute Gasteiger partial charge is 0.376 e. The Morgan fingerprint density at radius 2 is 2.11 bits per heavy atom. The predicted molar refractivity (Wildman–Crippen MR) is 73.0 cm³/mol. The zero-order chi connectivity index (χ0) is 13.5. The van der Waals surface area contributed by atoms with Crippen molar-refractivity contribution in [3.8, 4) is 0 Å². The molecule has 0 saturated carbocycles. The molecule has 2 rings (SSSR count). The highest BCUT2D eigenvalue weighted by molar-refractivity contribution is 5.81. The summed E-state index contributed by atoms with van der Waals surface area (Å²) in [4.78, 5) is 14.4. The minimum atomic E-state index is -0.387. The molecule has 5 heteroatoms. The quantitative estimate of drug-likeness (QED) is 0.796. The Kier molecular flexibility index (Phi) is 6.07. The lowest BCUT2D eigenvalue weighted by atomic mass is 9.97. The van der Waals surface area contributed by atoms with E-state index in [4.69, 9.17) is 9.47 Å². The van der Waals surface area contributed by atoms with Crippen LogP contribution in [-0.2, 0) is 14.3 Å². The molecule has 19 heavy (non-hydrogen) atoms. The number of nitrogens with one attached hydrogen (secondary N) is 1. The molecule has 2 aliphatic heterocycles. The van der Waals surface area contributed by atoms with Crippen molar-refractivity contribution in [3.63, 3.8) is 0 Å². The third-order valence-electron chi connectivity index (χ3n) is 3.83. The van der Waals surface area contributed by atoms with Gasteiger partial charge in [0.15, 0.2) is 6.10 Å². The minimum absolute atomic E-state index is 0.111. The van der Waals surface area contributed by atoms with Crippen molar-refractivity contribution in [2.75, 3.05) is 46.0 Å². The monoisotopic (exact) mass is 270 g/mol. The summed E-state index contributed by atoms with van der Waals surface area (Å²) in [5.41, 5.74) is 0. The standard InChI is InChI=1S/C14H26N2O3/c1-2-7-16(10-12-3-5-15-6-4-12)14(17)13-11-18-8-9-19-13/h12-13,15H,2-11H2,1H3. The molecule has 2 fully saturated rings. The summed E-state index contributed by atoms with van der Waals surface area (Å²) in [6.45, 7) is 7.49. The fourth-order valence-electron chi connectivity index (χ4n) is 2.77. The maximum Gasteiger partial charge on any atom is 0.254 e. The van der Waals surface area contributed by atoms with Crippen LogP contribution in [0.3, 0.4) is 0 Å². The van der Waals surface area contributed by atoms with Crippen LogP contribution >= 0.6 is 0 Å². The summed E-state index contributed by atoms with van der Waals surface area (Å²) in [5, 5.41) is 3.36. The number of hydrogen-bond donors (Lipinski definition) is 1. The number of rotatable bonds is 5. The number of carbonyl (C=O) groups is 1. The predicted octanol–water partition coefficient (Wildman–Crippen LogP) is 0.640. The van der Waals surface area contributed by atoms with Gasteiger partial charge in [0.2, 0.25) is 0 Å². The number of nitrogens with zero attached hydrogens (tertiary/aromatic N) is 1. The zero-order valence-electron chi connectivity index (χ0n) is 11.9. The van der Waals surface area contributed by atoms with Gasteiger partial charge in [-0.05, 0) is 38.3 Å². The van der Waals surface area contributed by atoms with Crippen molar-refractivity contribution in [2.24, 2.45) is 5.92 Å².